The SMILES string of the molecule is CC(CO)CSCCN1CCCC1=O. The molecule has 0 aromatic rings. The molecule has 14 heavy (non-hydrogen) atoms. The highest BCUT2D eigenvalue weighted by Crippen LogP contribution is 2.12. The molecule has 0 bridgehead atoms. The molecule has 1 atom stereocenters. The van der Waals surface area contributed by atoms with Crippen molar-refractivity contribution in [2.24, 2.45) is 5.92 Å². The van der Waals surface area contributed by atoms with Gasteiger partial charge in [-0.15, -0.1) is 0 Å². The summed E-state index contributed by atoms with van der Waals surface area (Å²) in [6, 6.07) is 0. The normalized spacial score (nSPS) is 19.0. The maximum absolute atomic E-state index is 11.2. The first kappa shape index (κ1) is 11.9. The molecule has 1 heterocycles. The highest BCUT2D eigenvalue weighted by Gasteiger charge is 2.18. The minimum atomic E-state index is 0.260. The summed E-state index contributed by atoms with van der Waals surface area (Å²) < 4.78 is 0. The lowest BCUT2D eigenvalue weighted by molar-refractivity contribution is -0.127. The standard InChI is InChI=1S/C10H19NO2S/c1-9(7-12)8-14-6-5-11-4-2-3-10(11)13/h9,12H,2-8H2,1H3. The minimum absolute atomic E-state index is 0.260. The van der Waals surface area contributed by atoms with Crippen molar-refractivity contribution >= 4 is 17.7 Å². The molecule has 1 amide bonds. The number of thioether (sulfide) groups is 1. The van der Waals surface area contributed by atoms with E-state index in [9.17, 15) is 4.79 Å². The van der Waals surface area contributed by atoms with Crippen LogP contribution < -0.4 is 0 Å². The van der Waals surface area contributed by atoms with E-state index in [1.54, 1.807) is 0 Å². The average molecular weight is 217 g/mol. The van der Waals surface area contributed by atoms with E-state index in [0.29, 0.717) is 11.8 Å². The minimum Gasteiger partial charge on any atom is -0.396 e. The van der Waals surface area contributed by atoms with Gasteiger partial charge in [0.15, 0.2) is 0 Å². The van der Waals surface area contributed by atoms with Gasteiger partial charge in [0, 0.05) is 31.9 Å². The number of hydrogen-bond acceptors (Lipinski definition) is 3. The number of hydrogen-bond donors (Lipinski definition) is 1. The van der Waals surface area contributed by atoms with Gasteiger partial charge in [-0.05, 0) is 18.1 Å². The second-order valence-corrected chi connectivity index (χ2v) is 5.00. The number of carbonyl (C=O) groups excluding carboxylic acids is 1. The molecule has 1 fully saturated rings. The number of amides is 1. The summed E-state index contributed by atoms with van der Waals surface area (Å²) >= 11 is 1.82. The van der Waals surface area contributed by atoms with Crippen molar-refractivity contribution in [1.82, 2.24) is 4.90 Å². The van der Waals surface area contributed by atoms with Crippen molar-refractivity contribution in [2.45, 2.75) is 19.8 Å². The summed E-state index contributed by atoms with van der Waals surface area (Å²) in [6.45, 7) is 4.11. The van der Waals surface area contributed by atoms with Crippen molar-refractivity contribution < 1.29 is 9.90 Å². The fourth-order valence-electron chi connectivity index (χ4n) is 1.45. The van der Waals surface area contributed by atoms with Gasteiger partial charge in [0.05, 0.1) is 0 Å². The molecule has 4 heteroatoms. The summed E-state index contributed by atoms with van der Waals surface area (Å²) in [5.74, 6) is 2.66. The monoisotopic (exact) mass is 217 g/mol. The first-order valence-corrected chi connectivity index (χ1v) is 6.36. The van der Waals surface area contributed by atoms with Crippen LogP contribution in [0.15, 0.2) is 0 Å². The molecule has 1 N–H and O–H groups in total. The molecule has 1 aliphatic rings. The average Bonchev–Trinajstić information content (AvgIpc) is 2.58. The largest absolute Gasteiger partial charge is 0.396 e. The summed E-state index contributed by atoms with van der Waals surface area (Å²) in [6.07, 6.45) is 1.76. The molecule has 0 spiro atoms. The van der Waals surface area contributed by atoms with Gasteiger partial charge in [0.1, 0.15) is 0 Å². The maximum atomic E-state index is 11.2. The van der Waals surface area contributed by atoms with Gasteiger partial charge in [-0.2, -0.15) is 11.8 Å². The quantitative estimate of drug-likeness (QED) is 0.674. The Balaban J connectivity index is 2.01. The Morgan fingerprint density at radius 3 is 3.00 bits per heavy atom. The van der Waals surface area contributed by atoms with E-state index >= 15 is 0 Å². The molecular weight excluding hydrogens is 198 g/mol. The predicted octanol–water partition coefficient (Wildman–Crippen LogP) is 0.970. The van der Waals surface area contributed by atoms with Crippen LogP contribution >= 0.6 is 11.8 Å². The molecular formula is C10H19NO2S. The molecule has 3 nitrogen and oxygen atoms in total. The summed E-state index contributed by atoms with van der Waals surface area (Å²) in [5.41, 5.74) is 0. The topological polar surface area (TPSA) is 40.5 Å². The Kier molecular flexibility index (Phi) is 5.33. The highest BCUT2D eigenvalue weighted by atomic mass is 32.2. The zero-order chi connectivity index (χ0) is 10.4. The van der Waals surface area contributed by atoms with Crippen molar-refractivity contribution in [3.8, 4) is 0 Å². The fraction of sp³-hybridized carbons (Fsp3) is 0.900. The van der Waals surface area contributed by atoms with E-state index in [2.05, 4.69) is 0 Å². The molecule has 1 aliphatic heterocycles. The Morgan fingerprint density at radius 1 is 1.64 bits per heavy atom. The Bertz CT molecular complexity index is 187. The third kappa shape index (κ3) is 3.88. The summed E-state index contributed by atoms with van der Waals surface area (Å²) in [5, 5.41) is 8.81. The zero-order valence-electron chi connectivity index (χ0n) is 8.74. The van der Waals surface area contributed by atoms with E-state index in [1.807, 2.05) is 23.6 Å². The molecule has 1 saturated heterocycles. The van der Waals surface area contributed by atoms with Gasteiger partial charge in [0.2, 0.25) is 5.91 Å². The molecule has 0 aromatic carbocycles. The van der Waals surface area contributed by atoms with Gasteiger partial charge in [-0.3, -0.25) is 4.79 Å². The van der Waals surface area contributed by atoms with Crippen molar-refractivity contribution in [2.75, 3.05) is 31.2 Å². The molecule has 0 aromatic heterocycles. The van der Waals surface area contributed by atoms with Gasteiger partial charge >= 0.3 is 0 Å². The van der Waals surface area contributed by atoms with Gasteiger partial charge in [0.25, 0.3) is 0 Å². The third-order valence-electron chi connectivity index (χ3n) is 2.39. The lowest BCUT2D eigenvalue weighted by Crippen LogP contribution is -2.27. The second-order valence-electron chi connectivity index (χ2n) is 3.85. The van der Waals surface area contributed by atoms with Crippen LogP contribution in [0.4, 0.5) is 0 Å². The van der Waals surface area contributed by atoms with Crippen molar-refractivity contribution in [3.63, 3.8) is 0 Å². The van der Waals surface area contributed by atoms with E-state index in [-0.39, 0.29) is 6.61 Å². The molecule has 1 rings (SSSR count). The number of likely N-dealkylation sites (tertiary alicyclic amines) is 1. The van der Waals surface area contributed by atoms with Gasteiger partial charge < -0.3 is 10.0 Å². The van der Waals surface area contributed by atoms with Gasteiger partial charge in [-0.25, -0.2) is 0 Å². The lowest BCUT2D eigenvalue weighted by atomic mass is 10.2. The maximum Gasteiger partial charge on any atom is 0.222 e. The van der Waals surface area contributed by atoms with Crippen molar-refractivity contribution in [1.29, 1.82) is 0 Å². The van der Waals surface area contributed by atoms with Crippen LogP contribution in [0.1, 0.15) is 19.8 Å². The Morgan fingerprint density at radius 2 is 2.43 bits per heavy atom. The number of carbonyl (C=O) groups is 1. The third-order valence-corrected chi connectivity index (χ3v) is 3.67. The van der Waals surface area contributed by atoms with Crippen molar-refractivity contribution in [3.05, 3.63) is 0 Å². The van der Waals surface area contributed by atoms with Crippen LogP contribution in [-0.4, -0.2) is 47.1 Å². The molecule has 82 valence electrons. The number of aliphatic hydroxyl groups is 1. The van der Waals surface area contributed by atoms with Crippen LogP contribution in [0.2, 0.25) is 0 Å². The number of nitrogens with zero attached hydrogens (tertiary/aromatic N) is 1. The summed E-state index contributed by atoms with van der Waals surface area (Å²) in [7, 11) is 0. The Hall–Kier alpha value is -0.220. The highest BCUT2D eigenvalue weighted by molar-refractivity contribution is 7.99. The van der Waals surface area contributed by atoms with E-state index in [0.717, 1.165) is 37.4 Å². The molecule has 0 aliphatic carbocycles. The number of aliphatic hydroxyl groups excluding tert-OH is 1. The zero-order valence-corrected chi connectivity index (χ0v) is 9.55. The van der Waals surface area contributed by atoms with Gasteiger partial charge in [-0.1, -0.05) is 6.92 Å². The number of rotatable bonds is 6. The molecule has 0 saturated carbocycles. The van der Waals surface area contributed by atoms with Crippen LogP contribution in [-0.2, 0) is 4.79 Å². The van der Waals surface area contributed by atoms with Crippen LogP contribution in [0, 0.1) is 5.92 Å². The van der Waals surface area contributed by atoms with E-state index < -0.39 is 0 Å². The smallest absolute Gasteiger partial charge is 0.222 e. The van der Waals surface area contributed by atoms with Crippen LogP contribution in [0.3, 0.4) is 0 Å². The molecule has 0 radical (unpaired) electrons. The molecule has 1 unspecified atom stereocenters. The first-order chi connectivity index (χ1) is 6.74. The fourth-order valence-corrected chi connectivity index (χ4v) is 2.48. The Labute approximate surface area is 89.9 Å². The van der Waals surface area contributed by atoms with E-state index in [1.165, 1.54) is 0 Å². The predicted molar refractivity (Wildman–Crippen MR) is 59.4 cm³/mol. The summed E-state index contributed by atoms with van der Waals surface area (Å²) in [4.78, 5) is 13.2. The first-order valence-electron chi connectivity index (χ1n) is 5.20. The van der Waals surface area contributed by atoms with Crippen LogP contribution in [0.25, 0.3) is 0 Å². The lowest BCUT2D eigenvalue weighted by Gasteiger charge is -2.15. The van der Waals surface area contributed by atoms with Crippen LogP contribution in [0.5, 0.6) is 0 Å². The van der Waals surface area contributed by atoms with E-state index in [4.69, 9.17) is 5.11 Å². The second kappa shape index (κ2) is 6.30.